The highest BCUT2D eigenvalue weighted by Gasteiger charge is 2.05. The normalized spacial score (nSPS) is 11.4. The van der Waals surface area contributed by atoms with E-state index in [1.165, 1.54) is 0 Å². The van der Waals surface area contributed by atoms with Crippen molar-refractivity contribution in [3.63, 3.8) is 0 Å². The molecule has 0 fully saturated rings. The molecule has 80 valence electrons. The second-order valence-corrected chi connectivity index (χ2v) is 3.89. The Bertz CT molecular complexity index is 462. The van der Waals surface area contributed by atoms with E-state index in [1.807, 2.05) is 32.3 Å². The van der Waals surface area contributed by atoms with Crippen molar-refractivity contribution in [2.45, 2.75) is 6.42 Å². The minimum Gasteiger partial charge on any atom is -0.441 e. The van der Waals surface area contributed by atoms with Crippen LogP contribution in [0, 0.1) is 0 Å². The zero-order valence-electron chi connectivity index (χ0n) is 9.03. The number of likely N-dealkylation sites (N-methyl/N-ethyl adjacent to an activating group) is 1. The summed E-state index contributed by atoms with van der Waals surface area (Å²) in [6, 6.07) is 5.51. The maximum absolute atomic E-state index is 5.67. The molecule has 0 aliphatic heterocycles. The molecule has 1 aromatic carbocycles. The quantitative estimate of drug-likeness (QED) is 0.772. The number of anilines is 1. The molecule has 0 atom stereocenters. The zero-order valence-corrected chi connectivity index (χ0v) is 9.03. The molecule has 15 heavy (non-hydrogen) atoms. The first-order valence-electron chi connectivity index (χ1n) is 4.95. The summed E-state index contributed by atoms with van der Waals surface area (Å²) >= 11 is 0. The van der Waals surface area contributed by atoms with Gasteiger partial charge in [0.2, 0.25) is 0 Å². The van der Waals surface area contributed by atoms with Crippen LogP contribution in [0.3, 0.4) is 0 Å². The van der Waals surface area contributed by atoms with Gasteiger partial charge in [-0.1, -0.05) is 0 Å². The van der Waals surface area contributed by atoms with Crippen molar-refractivity contribution in [2.24, 2.45) is 0 Å². The molecular formula is C11H15N3O. The van der Waals surface area contributed by atoms with Gasteiger partial charge in [-0.25, -0.2) is 4.98 Å². The van der Waals surface area contributed by atoms with Crippen molar-refractivity contribution in [3.8, 4) is 0 Å². The number of hydrogen-bond donors (Lipinski definition) is 1. The van der Waals surface area contributed by atoms with Gasteiger partial charge in [-0.3, -0.25) is 0 Å². The number of benzene rings is 1. The largest absolute Gasteiger partial charge is 0.441 e. The molecule has 0 radical (unpaired) electrons. The number of nitrogens with zero attached hydrogens (tertiary/aromatic N) is 2. The Kier molecular flexibility index (Phi) is 2.60. The van der Waals surface area contributed by atoms with E-state index < -0.39 is 0 Å². The van der Waals surface area contributed by atoms with Gasteiger partial charge in [0, 0.05) is 18.7 Å². The summed E-state index contributed by atoms with van der Waals surface area (Å²) in [5.74, 6) is 0.768. The van der Waals surface area contributed by atoms with Gasteiger partial charge in [0.25, 0.3) is 0 Å². The average Bonchev–Trinajstić information content (AvgIpc) is 2.56. The third kappa shape index (κ3) is 2.27. The minimum absolute atomic E-state index is 0.718. The monoisotopic (exact) mass is 205 g/mol. The average molecular weight is 205 g/mol. The molecule has 1 aromatic heterocycles. The van der Waals surface area contributed by atoms with Crippen LogP contribution >= 0.6 is 0 Å². The van der Waals surface area contributed by atoms with Crippen molar-refractivity contribution in [2.75, 3.05) is 26.4 Å². The van der Waals surface area contributed by atoms with Crippen LogP contribution in [0.2, 0.25) is 0 Å². The van der Waals surface area contributed by atoms with Crippen LogP contribution in [0.25, 0.3) is 11.1 Å². The molecular weight excluding hydrogens is 190 g/mol. The molecule has 2 N–H and O–H groups in total. The standard InChI is InChI=1S/C11H15N3O/c1-14(2)6-5-11-13-9-7-8(12)3-4-10(9)15-11/h3-4,7H,5-6,12H2,1-2H3. The van der Waals surface area contributed by atoms with Crippen molar-refractivity contribution in [1.29, 1.82) is 0 Å². The Hall–Kier alpha value is -1.55. The Labute approximate surface area is 88.7 Å². The van der Waals surface area contributed by atoms with Gasteiger partial charge in [0.05, 0.1) is 0 Å². The van der Waals surface area contributed by atoms with E-state index in [9.17, 15) is 0 Å². The summed E-state index contributed by atoms with van der Waals surface area (Å²) in [4.78, 5) is 6.47. The van der Waals surface area contributed by atoms with E-state index in [0.29, 0.717) is 0 Å². The smallest absolute Gasteiger partial charge is 0.196 e. The topological polar surface area (TPSA) is 55.3 Å². The lowest BCUT2D eigenvalue weighted by molar-refractivity contribution is 0.390. The predicted octanol–water partition coefficient (Wildman–Crippen LogP) is 1.51. The second kappa shape index (κ2) is 3.90. The van der Waals surface area contributed by atoms with Gasteiger partial charge < -0.3 is 15.1 Å². The zero-order chi connectivity index (χ0) is 10.8. The van der Waals surface area contributed by atoms with E-state index in [0.717, 1.165) is 35.6 Å². The van der Waals surface area contributed by atoms with E-state index in [-0.39, 0.29) is 0 Å². The Morgan fingerprint density at radius 2 is 2.20 bits per heavy atom. The summed E-state index contributed by atoms with van der Waals surface area (Å²) in [6.45, 7) is 0.933. The first-order chi connectivity index (χ1) is 7.15. The molecule has 0 bridgehead atoms. The summed E-state index contributed by atoms with van der Waals surface area (Å²) in [6.07, 6.45) is 0.821. The van der Waals surface area contributed by atoms with Crippen LogP contribution < -0.4 is 5.73 Å². The van der Waals surface area contributed by atoms with Crippen molar-refractivity contribution >= 4 is 16.8 Å². The molecule has 4 nitrogen and oxygen atoms in total. The molecule has 1 heterocycles. The molecule has 0 amide bonds. The molecule has 0 spiro atoms. The van der Waals surface area contributed by atoms with E-state index in [4.69, 9.17) is 10.2 Å². The Morgan fingerprint density at radius 1 is 1.40 bits per heavy atom. The van der Waals surface area contributed by atoms with Gasteiger partial charge in [0.15, 0.2) is 11.5 Å². The predicted molar refractivity (Wildman–Crippen MR) is 60.7 cm³/mol. The SMILES string of the molecule is CN(C)CCc1nc2cc(N)ccc2o1. The number of fused-ring (bicyclic) bond motifs is 1. The van der Waals surface area contributed by atoms with Crippen LogP contribution in [0.5, 0.6) is 0 Å². The fourth-order valence-electron chi connectivity index (χ4n) is 1.42. The molecule has 2 rings (SSSR count). The lowest BCUT2D eigenvalue weighted by atomic mass is 10.3. The summed E-state index contributed by atoms with van der Waals surface area (Å²) in [5, 5.41) is 0. The minimum atomic E-state index is 0.718. The third-order valence-corrected chi connectivity index (χ3v) is 2.23. The first-order valence-corrected chi connectivity index (χ1v) is 4.95. The maximum Gasteiger partial charge on any atom is 0.196 e. The molecule has 0 unspecified atom stereocenters. The van der Waals surface area contributed by atoms with Gasteiger partial charge >= 0.3 is 0 Å². The summed E-state index contributed by atoms with van der Waals surface area (Å²) in [5.41, 5.74) is 8.02. The van der Waals surface area contributed by atoms with Crippen LogP contribution in [-0.2, 0) is 6.42 Å². The van der Waals surface area contributed by atoms with E-state index >= 15 is 0 Å². The highest BCUT2D eigenvalue weighted by atomic mass is 16.3. The van der Waals surface area contributed by atoms with Crippen LogP contribution in [0.15, 0.2) is 22.6 Å². The molecule has 0 saturated heterocycles. The lowest BCUT2D eigenvalue weighted by Crippen LogP contribution is -2.15. The van der Waals surface area contributed by atoms with Gasteiger partial charge in [-0.05, 0) is 32.3 Å². The first kappa shape index (κ1) is 9.98. The molecule has 0 aliphatic carbocycles. The maximum atomic E-state index is 5.67. The Balaban J connectivity index is 2.23. The molecule has 0 aliphatic rings. The molecule has 2 aromatic rings. The van der Waals surface area contributed by atoms with Crippen LogP contribution in [-0.4, -0.2) is 30.5 Å². The van der Waals surface area contributed by atoms with Gasteiger partial charge in [-0.2, -0.15) is 0 Å². The summed E-state index contributed by atoms with van der Waals surface area (Å²) < 4.78 is 5.58. The van der Waals surface area contributed by atoms with Crippen molar-refractivity contribution in [1.82, 2.24) is 9.88 Å². The fourth-order valence-corrected chi connectivity index (χ4v) is 1.42. The molecule has 0 saturated carbocycles. The number of nitrogens with two attached hydrogens (primary N) is 1. The van der Waals surface area contributed by atoms with Gasteiger partial charge in [0.1, 0.15) is 5.52 Å². The highest BCUT2D eigenvalue weighted by Crippen LogP contribution is 2.18. The van der Waals surface area contributed by atoms with Crippen molar-refractivity contribution in [3.05, 3.63) is 24.1 Å². The third-order valence-electron chi connectivity index (χ3n) is 2.23. The number of oxazole rings is 1. The fraction of sp³-hybridized carbons (Fsp3) is 0.364. The Morgan fingerprint density at radius 3 is 2.93 bits per heavy atom. The number of hydrogen-bond acceptors (Lipinski definition) is 4. The van der Waals surface area contributed by atoms with Crippen LogP contribution in [0.1, 0.15) is 5.89 Å². The highest BCUT2D eigenvalue weighted by molar-refractivity contribution is 5.76. The van der Waals surface area contributed by atoms with E-state index in [1.54, 1.807) is 0 Å². The number of aromatic nitrogens is 1. The van der Waals surface area contributed by atoms with Crippen LogP contribution in [0.4, 0.5) is 5.69 Å². The van der Waals surface area contributed by atoms with Gasteiger partial charge in [-0.15, -0.1) is 0 Å². The molecule has 4 heteroatoms. The number of rotatable bonds is 3. The summed E-state index contributed by atoms with van der Waals surface area (Å²) in [7, 11) is 4.06. The second-order valence-electron chi connectivity index (χ2n) is 3.89. The van der Waals surface area contributed by atoms with E-state index in [2.05, 4.69) is 9.88 Å². The number of nitrogen functional groups attached to an aromatic ring is 1. The lowest BCUT2D eigenvalue weighted by Gasteiger charge is -2.05. The van der Waals surface area contributed by atoms with Crippen molar-refractivity contribution < 1.29 is 4.42 Å².